The lowest BCUT2D eigenvalue weighted by Gasteiger charge is -2.21. The van der Waals surface area contributed by atoms with E-state index >= 15 is 0 Å². The van der Waals surface area contributed by atoms with Gasteiger partial charge < -0.3 is 20.7 Å². The first-order chi connectivity index (χ1) is 11.5. The molecule has 2 heterocycles. The highest BCUT2D eigenvalue weighted by Gasteiger charge is 2.18. The Morgan fingerprint density at radius 1 is 1.25 bits per heavy atom. The Morgan fingerprint density at radius 2 is 2.04 bits per heavy atom. The zero-order valence-corrected chi connectivity index (χ0v) is 14.3. The van der Waals surface area contributed by atoms with Gasteiger partial charge in [0.05, 0.1) is 17.8 Å². The smallest absolute Gasteiger partial charge is 0.315 e. The van der Waals surface area contributed by atoms with Crippen molar-refractivity contribution in [2.75, 3.05) is 11.9 Å². The lowest BCUT2D eigenvalue weighted by atomic mass is 10.1. The summed E-state index contributed by atoms with van der Waals surface area (Å²) in [6, 6.07) is 8.96. The van der Waals surface area contributed by atoms with E-state index in [1.165, 1.54) is 0 Å². The van der Waals surface area contributed by atoms with Gasteiger partial charge in [0.15, 0.2) is 6.61 Å². The quantitative estimate of drug-likeness (QED) is 0.796. The molecule has 0 saturated heterocycles. The van der Waals surface area contributed by atoms with Crippen LogP contribution in [0, 0.1) is 0 Å². The first-order valence-corrected chi connectivity index (χ1v) is 8.58. The van der Waals surface area contributed by atoms with E-state index in [0.717, 1.165) is 10.4 Å². The summed E-state index contributed by atoms with van der Waals surface area (Å²) in [5, 5.41) is 10.6. The number of urea groups is 1. The van der Waals surface area contributed by atoms with Crippen LogP contribution in [0.4, 0.5) is 10.5 Å². The predicted octanol–water partition coefficient (Wildman–Crippen LogP) is 3.20. The van der Waals surface area contributed by atoms with Crippen LogP contribution in [0.5, 0.6) is 5.75 Å². The van der Waals surface area contributed by atoms with Crippen molar-refractivity contribution in [2.24, 2.45) is 0 Å². The summed E-state index contributed by atoms with van der Waals surface area (Å²) in [6.07, 6.45) is 0. The number of nitrogens with one attached hydrogen (secondary N) is 3. The second-order valence-corrected chi connectivity index (χ2v) is 6.65. The van der Waals surface area contributed by atoms with Crippen molar-refractivity contribution in [3.8, 4) is 5.75 Å². The Kier molecular flexibility index (Phi) is 4.71. The third kappa shape index (κ3) is 3.68. The molecular formula is C17H19N3O3S. The number of ether oxygens (including phenoxy) is 1. The van der Waals surface area contributed by atoms with Crippen LogP contribution in [0.2, 0.25) is 0 Å². The van der Waals surface area contributed by atoms with Gasteiger partial charge in [0, 0.05) is 4.88 Å². The highest BCUT2D eigenvalue weighted by atomic mass is 32.1. The molecule has 0 spiro atoms. The van der Waals surface area contributed by atoms with Gasteiger partial charge in [-0.3, -0.25) is 4.79 Å². The molecule has 6 nitrogen and oxygen atoms in total. The monoisotopic (exact) mass is 345 g/mol. The largest absolute Gasteiger partial charge is 0.482 e. The normalized spacial score (nSPS) is 15.5. The highest BCUT2D eigenvalue weighted by molar-refractivity contribution is 7.10. The zero-order valence-electron chi connectivity index (χ0n) is 13.5. The molecule has 2 aromatic rings. The van der Waals surface area contributed by atoms with Crippen LogP contribution < -0.4 is 20.7 Å². The molecule has 1 aromatic heterocycles. The maximum Gasteiger partial charge on any atom is 0.315 e. The summed E-state index contributed by atoms with van der Waals surface area (Å²) in [5.74, 6) is 0.462. The molecule has 0 fully saturated rings. The van der Waals surface area contributed by atoms with Gasteiger partial charge in [-0.25, -0.2) is 4.79 Å². The molecule has 2 atom stereocenters. The first-order valence-electron chi connectivity index (χ1n) is 7.70. The average Bonchev–Trinajstić information content (AvgIpc) is 3.08. The molecule has 0 aliphatic carbocycles. The molecule has 3 N–H and O–H groups in total. The van der Waals surface area contributed by atoms with E-state index in [9.17, 15) is 9.59 Å². The minimum absolute atomic E-state index is 0.0309. The molecule has 3 rings (SSSR count). The van der Waals surface area contributed by atoms with Crippen molar-refractivity contribution in [1.82, 2.24) is 10.6 Å². The summed E-state index contributed by atoms with van der Waals surface area (Å²) >= 11 is 1.61. The number of thiophene rings is 1. The second-order valence-electron chi connectivity index (χ2n) is 5.67. The number of hydrogen-bond donors (Lipinski definition) is 3. The predicted molar refractivity (Wildman–Crippen MR) is 93.4 cm³/mol. The highest BCUT2D eigenvalue weighted by Crippen LogP contribution is 2.30. The molecule has 3 amide bonds. The topological polar surface area (TPSA) is 79.5 Å². The van der Waals surface area contributed by atoms with Gasteiger partial charge in [0.1, 0.15) is 5.75 Å². The number of fused-ring (bicyclic) bond motifs is 1. The number of anilines is 1. The Bertz CT molecular complexity index is 746. The third-order valence-corrected chi connectivity index (χ3v) is 4.86. The number of benzene rings is 1. The minimum atomic E-state index is -0.235. The number of rotatable bonds is 4. The first kappa shape index (κ1) is 16.3. The molecule has 1 aliphatic heterocycles. The maximum absolute atomic E-state index is 12.2. The Balaban J connectivity index is 1.62. The summed E-state index contributed by atoms with van der Waals surface area (Å²) < 4.78 is 5.33. The van der Waals surface area contributed by atoms with E-state index in [2.05, 4.69) is 16.0 Å². The van der Waals surface area contributed by atoms with Crippen molar-refractivity contribution in [3.05, 3.63) is 46.2 Å². The molecule has 7 heteroatoms. The fraction of sp³-hybridized carbons (Fsp3) is 0.294. The van der Waals surface area contributed by atoms with Crippen molar-refractivity contribution in [2.45, 2.75) is 25.9 Å². The SMILES string of the molecule is C[C@H](NC(=O)N[C@H](C)c1cccs1)c1ccc2c(c1)NC(=O)CO2. The van der Waals surface area contributed by atoms with Gasteiger partial charge >= 0.3 is 6.03 Å². The van der Waals surface area contributed by atoms with Crippen LogP contribution in [-0.4, -0.2) is 18.5 Å². The van der Waals surface area contributed by atoms with E-state index in [4.69, 9.17) is 4.74 Å². The van der Waals surface area contributed by atoms with Gasteiger partial charge in [-0.2, -0.15) is 0 Å². The summed E-state index contributed by atoms with van der Waals surface area (Å²) in [6.45, 7) is 3.87. The van der Waals surface area contributed by atoms with Crippen molar-refractivity contribution >= 4 is 29.0 Å². The average molecular weight is 345 g/mol. The van der Waals surface area contributed by atoms with Gasteiger partial charge in [0.2, 0.25) is 0 Å². The van der Waals surface area contributed by atoms with Crippen LogP contribution in [0.15, 0.2) is 35.7 Å². The fourth-order valence-corrected chi connectivity index (χ4v) is 3.23. The van der Waals surface area contributed by atoms with Crippen LogP contribution in [0.1, 0.15) is 36.4 Å². The van der Waals surface area contributed by atoms with Gasteiger partial charge in [-0.15, -0.1) is 11.3 Å². The van der Waals surface area contributed by atoms with Crippen molar-refractivity contribution < 1.29 is 14.3 Å². The lowest BCUT2D eigenvalue weighted by Crippen LogP contribution is -2.38. The minimum Gasteiger partial charge on any atom is -0.482 e. The lowest BCUT2D eigenvalue weighted by molar-refractivity contribution is -0.118. The van der Waals surface area contributed by atoms with Crippen LogP contribution in [0.3, 0.4) is 0 Å². The van der Waals surface area contributed by atoms with E-state index in [1.807, 2.05) is 43.5 Å². The van der Waals surface area contributed by atoms with Crippen molar-refractivity contribution in [3.63, 3.8) is 0 Å². The van der Waals surface area contributed by atoms with E-state index in [0.29, 0.717) is 11.4 Å². The molecule has 24 heavy (non-hydrogen) atoms. The van der Waals surface area contributed by atoms with Gasteiger partial charge in [0.25, 0.3) is 5.91 Å². The number of amides is 3. The Morgan fingerprint density at radius 3 is 2.79 bits per heavy atom. The van der Waals surface area contributed by atoms with E-state index < -0.39 is 0 Å². The number of carbonyl (C=O) groups excluding carboxylic acids is 2. The Labute approximate surface area is 144 Å². The van der Waals surface area contributed by atoms with Crippen LogP contribution in [0.25, 0.3) is 0 Å². The fourth-order valence-electron chi connectivity index (χ4n) is 2.50. The molecule has 0 saturated carbocycles. The van der Waals surface area contributed by atoms with E-state index in [-0.39, 0.29) is 30.6 Å². The van der Waals surface area contributed by atoms with Gasteiger partial charge in [-0.1, -0.05) is 12.1 Å². The summed E-state index contributed by atoms with van der Waals surface area (Å²) in [4.78, 5) is 24.7. The third-order valence-electron chi connectivity index (χ3n) is 3.80. The molecule has 1 aromatic carbocycles. The molecule has 1 aliphatic rings. The summed E-state index contributed by atoms with van der Waals surface area (Å²) in [5.41, 5.74) is 1.52. The van der Waals surface area contributed by atoms with E-state index in [1.54, 1.807) is 17.4 Å². The standard InChI is InChI=1S/C17H19N3O3S/c1-10(18-17(22)19-11(2)15-4-3-7-24-15)12-5-6-14-13(8-12)20-16(21)9-23-14/h3-8,10-11H,9H2,1-2H3,(H,20,21)(H2,18,19,22)/t10-,11+/m0/s1. The zero-order chi connectivity index (χ0) is 17.1. The van der Waals surface area contributed by atoms with Crippen LogP contribution >= 0.6 is 11.3 Å². The summed E-state index contributed by atoms with van der Waals surface area (Å²) in [7, 11) is 0. The molecule has 0 bridgehead atoms. The number of carbonyl (C=O) groups is 2. The molecule has 0 radical (unpaired) electrons. The second kappa shape index (κ2) is 6.92. The molecule has 0 unspecified atom stereocenters. The maximum atomic E-state index is 12.2. The molecule has 126 valence electrons. The molecular weight excluding hydrogens is 326 g/mol. The van der Waals surface area contributed by atoms with Crippen molar-refractivity contribution in [1.29, 1.82) is 0 Å². The van der Waals surface area contributed by atoms with Crippen LogP contribution in [-0.2, 0) is 4.79 Å². The van der Waals surface area contributed by atoms with Gasteiger partial charge in [-0.05, 0) is 43.0 Å². The Hall–Kier alpha value is -2.54. The number of hydrogen-bond acceptors (Lipinski definition) is 4.